The van der Waals surface area contributed by atoms with Crippen LogP contribution in [0.15, 0.2) is 0 Å². The maximum absolute atomic E-state index is 10.8. The van der Waals surface area contributed by atoms with E-state index in [1.165, 1.54) is 7.11 Å². The van der Waals surface area contributed by atoms with Crippen LogP contribution < -0.4 is 5.23 Å². The first-order valence-corrected chi connectivity index (χ1v) is 4.38. The van der Waals surface area contributed by atoms with E-state index in [-0.39, 0.29) is 12.0 Å². The van der Waals surface area contributed by atoms with Crippen molar-refractivity contribution in [1.29, 1.82) is 0 Å². The minimum atomic E-state index is -0.359. The molecule has 56 valence electrons. The number of carbonyl (C=O) groups is 1. The van der Waals surface area contributed by atoms with Crippen LogP contribution in [-0.4, -0.2) is 31.5 Å². The quantitative estimate of drug-likeness (QED) is 0.332. The first-order chi connectivity index (χ1) is 4.76. The highest BCUT2D eigenvalue weighted by Gasteiger charge is 2.14. The average Bonchev–Trinajstić information content (AvgIpc) is 1.99. The summed E-state index contributed by atoms with van der Waals surface area (Å²) in [5, 5.41) is 2.37. The molecule has 0 aliphatic heterocycles. The van der Waals surface area contributed by atoms with Gasteiger partial charge in [0.25, 0.3) is 0 Å². The van der Waals surface area contributed by atoms with Crippen molar-refractivity contribution in [2.24, 2.45) is 0 Å². The Hall–Kier alpha value is 0.225. The van der Waals surface area contributed by atoms with Crippen LogP contribution in [0.2, 0.25) is 0 Å². The summed E-state index contributed by atoms with van der Waals surface area (Å²) in [5.41, 5.74) is 0. The summed E-state index contributed by atoms with van der Waals surface area (Å²) in [6.45, 7) is 0. The number of carbonyl (C=O) groups excluding carboxylic acids is 1. The highest BCUT2D eigenvalue weighted by molar-refractivity contribution is 14.1. The molecule has 2 radical (unpaired) electrons. The molecule has 1 atom stereocenters. The minimum Gasteiger partial charge on any atom is -0.468 e. The van der Waals surface area contributed by atoms with Gasteiger partial charge in [0.15, 0.2) is 7.98 Å². The molecule has 0 heterocycles. The topological polar surface area (TPSA) is 38.3 Å². The second kappa shape index (κ2) is 5.97. The Bertz CT molecular complexity index is 112. The Balaban J connectivity index is 3.68. The zero-order valence-electron chi connectivity index (χ0n) is 5.76. The molecule has 0 bridgehead atoms. The van der Waals surface area contributed by atoms with Gasteiger partial charge in [-0.25, -0.2) is 0 Å². The molecule has 0 aromatic heterocycles. The van der Waals surface area contributed by atoms with Crippen molar-refractivity contribution in [2.75, 3.05) is 11.5 Å². The number of methoxy groups -OCH3 is 1. The van der Waals surface area contributed by atoms with Crippen LogP contribution >= 0.6 is 22.6 Å². The Morgan fingerprint density at radius 3 is 2.80 bits per heavy atom. The fraction of sp³-hybridized carbons (Fsp3) is 0.800. The molecule has 0 aromatic carbocycles. The van der Waals surface area contributed by atoms with Crippen molar-refractivity contribution in [3.63, 3.8) is 0 Å². The van der Waals surface area contributed by atoms with E-state index < -0.39 is 0 Å². The van der Waals surface area contributed by atoms with E-state index in [4.69, 9.17) is 7.98 Å². The first-order valence-electron chi connectivity index (χ1n) is 2.86. The maximum atomic E-state index is 10.8. The number of ether oxygens (including phenoxy) is 1. The number of alkyl halides is 1. The lowest BCUT2D eigenvalue weighted by Crippen LogP contribution is -2.36. The zero-order valence-corrected chi connectivity index (χ0v) is 7.92. The fourth-order valence-corrected chi connectivity index (χ4v) is 1.14. The highest BCUT2D eigenvalue weighted by atomic mass is 127. The van der Waals surface area contributed by atoms with Crippen molar-refractivity contribution in [3.05, 3.63) is 0 Å². The van der Waals surface area contributed by atoms with E-state index in [0.717, 1.165) is 4.43 Å². The van der Waals surface area contributed by atoms with Gasteiger partial charge in [0.2, 0.25) is 0 Å². The standard InChI is InChI=1S/C5H9BINO2/c1-10-5(9)4(8-6)2-3-7/h4,8H,2-3H2,1H3. The van der Waals surface area contributed by atoms with Crippen LogP contribution in [0.4, 0.5) is 0 Å². The average molecular weight is 253 g/mol. The first kappa shape index (κ1) is 10.2. The Labute approximate surface area is 75.5 Å². The largest absolute Gasteiger partial charge is 0.468 e. The number of halogens is 1. The number of rotatable bonds is 4. The van der Waals surface area contributed by atoms with Crippen LogP contribution in [0.3, 0.4) is 0 Å². The summed E-state index contributed by atoms with van der Waals surface area (Å²) >= 11 is 2.17. The van der Waals surface area contributed by atoms with Gasteiger partial charge in [0.1, 0.15) is 0 Å². The summed E-state index contributed by atoms with van der Waals surface area (Å²) in [7, 11) is 6.43. The third kappa shape index (κ3) is 3.41. The lowest BCUT2D eigenvalue weighted by molar-refractivity contribution is -0.142. The lowest BCUT2D eigenvalue weighted by atomic mass is 10.2. The Morgan fingerprint density at radius 2 is 2.50 bits per heavy atom. The summed E-state index contributed by atoms with van der Waals surface area (Å²) < 4.78 is 5.35. The molecule has 0 aliphatic carbocycles. The minimum absolute atomic E-state index is 0.306. The number of hydrogen-bond acceptors (Lipinski definition) is 3. The molecule has 0 aromatic rings. The van der Waals surface area contributed by atoms with Gasteiger partial charge in [0, 0.05) is 4.43 Å². The maximum Gasteiger partial charge on any atom is 0.321 e. The van der Waals surface area contributed by atoms with Gasteiger partial charge >= 0.3 is 5.97 Å². The van der Waals surface area contributed by atoms with Crippen molar-refractivity contribution in [3.8, 4) is 0 Å². The summed E-state index contributed by atoms with van der Waals surface area (Å²) in [5.74, 6) is -0.306. The molecule has 5 heteroatoms. The molecule has 1 unspecified atom stereocenters. The van der Waals surface area contributed by atoms with Crippen molar-refractivity contribution >= 4 is 36.5 Å². The normalized spacial score (nSPS) is 12.6. The van der Waals surface area contributed by atoms with E-state index in [9.17, 15) is 4.79 Å². The van der Waals surface area contributed by atoms with Gasteiger partial charge in [-0.05, 0) is 6.42 Å². The van der Waals surface area contributed by atoms with Crippen molar-refractivity contribution in [1.82, 2.24) is 5.23 Å². The molecule has 0 rings (SSSR count). The van der Waals surface area contributed by atoms with Gasteiger partial charge < -0.3 is 9.96 Å². The van der Waals surface area contributed by atoms with E-state index >= 15 is 0 Å². The van der Waals surface area contributed by atoms with Crippen LogP contribution in [0, 0.1) is 0 Å². The number of esters is 1. The van der Waals surface area contributed by atoms with Crippen LogP contribution in [0.1, 0.15) is 6.42 Å². The monoisotopic (exact) mass is 253 g/mol. The molecule has 0 saturated carbocycles. The highest BCUT2D eigenvalue weighted by Crippen LogP contribution is 1.97. The molecule has 0 amide bonds. The van der Waals surface area contributed by atoms with Crippen LogP contribution in [-0.2, 0) is 9.53 Å². The molecule has 10 heavy (non-hydrogen) atoms. The van der Waals surface area contributed by atoms with Gasteiger partial charge in [-0.2, -0.15) is 0 Å². The zero-order chi connectivity index (χ0) is 7.98. The Morgan fingerprint density at radius 1 is 1.90 bits per heavy atom. The number of nitrogens with one attached hydrogen (secondary N) is 1. The predicted octanol–water partition coefficient (Wildman–Crippen LogP) is 0.0262. The summed E-state index contributed by atoms with van der Waals surface area (Å²) in [6, 6.07) is -0.359. The van der Waals surface area contributed by atoms with E-state index in [1.807, 2.05) is 0 Å². The molecular formula is C5H9BINO2. The third-order valence-electron chi connectivity index (χ3n) is 1.08. The van der Waals surface area contributed by atoms with Crippen LogP contribution in [0.5, 0.6) is 0 Å². The van der Waals surface area contributed by atoms with Crippen molar-refractivity contribution < 1.29 is 9.53 Å². The van der Waals surface area contributed by atoms with E-state index in [0.29, 0.717) is 6.42 Å². The van der Waals surface area contributed by atoms with E-state index in [1.54, 1.807) is 0 Å². The molecule has 3 nitrogen and oxygen atoms in total. The third-order valence-corrected chi connectivity index (χ3v) is 1.71. The molecule has 0 spiro atoms. The van der Waals surface area contributed by atoms with Gasteiger partial charge in [-0.15, -0.1) is 0 Å². The number of hydrogen-bond donors (Lipinski definition) is 1. The van der Waals surface area contributed by atoms with Gasteiger partial charge in [-0.3, -0.25) is 4.79 Å². The van der Waals surface area contributed by atoms with E-state index in [2.05, 4.69) is 32.6 Å². The smallest absolute Gasteiger partial charge is 0.321 e. The molecule has 0 aliphatic rings. The predicted molar refractivity (Wildman–Crippen MR) is 48.2 cm³/mol. The summed E-state index contributed by atoms with van der Waals surface area (Å²) in [4.78, 5) is 10.8. The second-order valence-corrected chi connectivity index (χ2v) is 2.80. The molecule has 1 N–H and O–H groups in total. The SMILES string of the molecule is [B]NC(CCI)C(=O)OC. The van der Waals surface area contributed by atoms with Crippen molar-refractivity contribution in [2.45, 2.75) is 12.5 Å². The lowest BCUT2D eigenvalue weighted by Gasteiger charge is -2.11. The van der Waals surface area contributed by atoms with Gasteiger partial charge in [-0.1, -0.05) is 22.6 Å². The van der Waals surface area contributed by atoms with Crippen LogP contribution in [0.25, 0.3) is 0 Å². The fourth-order valence-electron chi connectivity index (χ4n) is 0.521. The molecular weight excluding hydrogens is 244 g/mol. The molecule has 0 fully saturated rings. The summed E-state index contributed by atoms with van der Waals surface area (Å²) in [6.07, 6.45) is 0.698. The molecule has 0 saturated heterocycles. The Kier molecular flexibility index (Phi) is 6.10. The van der Waals surface area contributed by atoms with Gasteiger partial charge in [0.05, 0.1) is 13.2 Å². The second-order valence-electron chi connectivity index (χ2n) is 1.72.